The molecule has 0 heterocycles. The Morgan fingerprint density at radius 2 is 1.87 bits per heavy atom. The van der Waals surface area contributed by atoms with Crippen LogP contribution in [0.5, 0.6) is 5.75 Å². The fraction of sp³-hybridized carbons (Fsp3) is 0.273. The van der Waals surface area contributed by atoms with Gasteiger partial charge in [-0.2, -0.15) is 0 Å². The first kappa shape index (κ1) is 11.2. The van der Waals surface area contributed by atoms with Crippen molar-refractivity contribution in [3.63, 3.8) is 0 Å². The minimum Gasteiger partial charge on any atom is -0.486 e. The van der Waals surface area contributed by atoms with Gasteiger partial charge in [-0.15, -0.1) is 0 Å². The molecule has 0 spiro atoms. The van der Waals surface area contributed by atoms with Crippen LogP contribution in [-0.4, -0.2) is 23.5 Å². The Morgan fingerprint density at radius 1 is 1.27 bits per heavy atom. The van der Waals surface area contributed by atoms with E-state index in [0.717, 1.165) is 0 Å². The second-order valence-corrected chi connectivity index (χ2v) is 3.21. The van der Waals surface area contributed by atoms with Crippen LogP contribution in [0.1, 0.15) is 12.5 Å². The molecule has 15 heavy (non-hydrogen) atoms. The smallest absolute Gasteiger partial charge is 0.307 e. The second kappa shape index (κ2) is 5.14. The summed E-state index contributed by atoms with van der Waals surface area (Å²) in [6.07, 6.45) is -0.00696. The number of ether oxygens (including phenoxy) is 1. The summed E-state index contributed by atoms with van der Waals surface area (Å²) in [6, 6.07) is 6.65. The maximum Gasteiger partial charge on any atom is 0.307 e. The molecule has 4 nitrogen and oxygen atoms in total. The van der Waals surface area contributed by atoms with Crippen LogP contribution < -0.4 is 4.74 Å². The van der Waals surface area contributed by atoms with Gasteiger partial charge in [0.1, 0.15) is 12.4 Å². The van der Waals surface area contributed by atoms with Gasteiger partial charge in [0.2, 0.25) is 0 Å². The Hall–Kier alpha value is -1.84. The van der Waals surface area contributed by atoms with Gasteiger partial charge in [0.15, 0.2) is 5.78 Å². The SMILES string of the molecule is CC(=O)COc1ccc(CC(=O)O)cc1. The third kappa shape index (κ3) is 4.26. The van der Waals surface area contributed by atoms with Crippen LogP contribution in [0.25, 0.3) is 0 Å². The third-order valence-corrected chi connectivity index (χ3v) is 1.72. The highest BCUT2D eigenvalue weighted by Crippen LogP contribution is 2.12. The molecule has 1 aromatic carbocycles. The van der Waals surface area contributed by atoms with Gasteiger partial charge in [0.05, 0.1) is 6.42 Å². The van der Waals surface area contributed by atoms with Crippen LogP contribution in [0.3, 0.4) is 0 Å². The average Bonchev–Trinajstić information content (AvgIpc) is 2.16. The highest BCUT2D eigenvalue weighted by Gasteiger charge is 2.01. The standard InChI is InChI=1S/C11H12O4/c1-8(12)7-15-10-4-2-9(3-5-10)6-11(13)14/h2-5H,6-7H2,1H3,(H,13,14). The van der Waals surface area contributed by atoms with Crippen LogP contribution in [0, 0.1) is 0 Å². The number of carboxylic acid groups (broad SMARTS) is 1. The zero-order valence-electron chi connectivity index (χ0n) is 8.40. The fourth-order valence-electron chi connectivity index (χ4n) is 1.06. The zero-order chi connectivity index (χ0) is 11.3. The van der Waals surface area contributed by atoms with Gasteiger partial charge < -0.3 is 9.84 Å². The van der Waals surface area contributed by atoms with Gasteiger partial charge in [-0.1, -0.05) is 12.1 Å². The molecule has 0 aliphatic rings. The van der Waals surface area contributed by atoms with Crippen molar-refractivity contribution < 1.29 is 19.4 Å². The summed E-state index contributed by atoms with van der Waals surface area (Å²) < 4.78 is 5.13. The van der Waals surface area contributed by atoms with Crippen molar-refractivity contribution in [3.05, 3.63) is 29.8 Å². The van der Waals surface area contributed by atoms with E-state index in [1.54, 1.807) is 24.3 Å². The highest BCUT2D eigenvalue weighted by atomic mass is 16.5. The molecule has 0 amide bonds. The van der Waals surface area contributed by atoms with E-state index in [0.29, 0.717) is 11.3 Å². The molecular weight excluding hydrogens is 196 g/mol. The molecule has 0 saturated carbocycles. The summed E-state index contributed by atoms with van der Waals surface area (Å²) in [5.74, 6) is -0.351. The minimum absolute atomic E-state index is 0.00696. The lowest BCUT2D eigenvalue weighted by Crippen LogP contribution is -2.06. The Balaban J connectivity index is 2.56. The van der Waals surface area contributed by atoms with Gasteiger partial charge in [-0.05, 0) is 24.6 Å². The van der Waals surface area contributed by atoms with Gasteiger partial charge in [0, 0.05) is 0 Å². The summed E-state index contributed by atoms with van der Waals surface area (Å²) in [5, 5.41) is 8.54. The quantitative estimate of drug-likeness (QED) is 0.791. The molecule has 0 fully saturated rings. The lowest BCUT2D eigenvalue weighted by molar-refractivity contribution is -0.136. The van der Waals surface area contributed by atoms with Crippen molar-refractivity contribution in [1.82, 2.24) is 0 Å². The summed E-state index contributed by atoms with van der Waals surface area (Å²) in [6.45, 7) is 1.48. The number of hydrogen-bond acceptors (Lipinski definition) is 3. The van der Waals surface area contributed by atoms with Crippen molar-refractivity contribution in [2.75, 3.05) is 6.61 Å². The first-order valence-electron chi connectivity index (χ1n) is 4.51. The van der Waals surface area contributed by atoms with Crippen LogP contribution >= 0.6 is 0 Å². The van der Waals surface area contributed by atoms with E-state index in [1.165, 1.54) is 6.92 Å². The second-order valence-electron chi connectivity index (χ2n) is 3.21. The van der Waals surface area contributed by atoms with E-state index in [4.69, 9.17) is 9.84 Å². The molecule has 0 saturated heterocycles. The van der Waals surface area contributed by atoms with Crippen LogP contribution in [0.4, 0.5) is 0 Å². The number of ketones is 1. The van der Waals surface area contributed by atoms with Crippen molar-refractivity contribution in [2.24, 2.45) is 0 Å². The Bertz CT molecular complexity index is 353. The van der Waals surface area contributed by atoms with Crippen LogP contribution in [0.2, 0.25) is 0 Å². The monoisotopic (exact) mass is 208 g/mol. The highest BCUT2D eigenvalue weighted by molar-refractivity contribution is 5.77. The molecule has 80 valence electrons. The molecule has 0 aliphatic carbocycles. The van der Waals surface area contributed by atoms with Crippen LogP contribution in [-0.2, 0) is 16.0 Å². The molecule has 0 aliphatic heterocycles. The number of hydrogen-bond donors (Lipinski definition) is 1. The van der Waals surface area contributed by atoms with Crippen molar-refractivity contribution in [1.29, 1.82) is 0 Å². The summed E-state index contributed by atoms with van der Waals surface area (Å²) in [7, 11) is 0. The summed E-state index contributed by atoms with van der Waals surface area (Å²) in [4.78, 5) is 21.0. The number of carboxylic acids is 1. The first-order valence-corrected chi connectivity index (χ1v) is 4.51. The number of rotatable bonds is 5. The summed E-state index contributed by atoms with van der Waals surface area (Å²) in [5.41, 5.74) is 0.706. The van der Waals surface area contributed by atoms with Gasteiger partial charge in [0.25, 0.3) is 0 Å². The molecule has 4 heteroatoms. The van der Waals surface area contributed by atoms with E-state index < -0.39 is 5.97 Å². The van der Waals surface area contributed by atoms with E-state index in [9.17, 15) is 9.59 Å². The minimum atomic E-state index is -0.868. The number of aliphatic carboxylic acids is 1. The topological polar surface area (TPSA) is 63.6 Å². The zero-order valence-corrected chi connectivity index (χ0v) is 8.40. The van der Waals surface area contributed by atoms with Crippen molar-refractivity contribution >= 4 is 11.8 Å². The third-order valence-electron chi connectivity index (χ3n) is 1.72. The number of carbonyl (C=O) groups excluding carboxylic acids is 1. The molecule has 0 aromatic heterocycles. The number of benzene rings is 1. The fourth-order valence-corrected chi connectivity index (χ4v) is 1.06. The lowest BCUT2D eigenvalue weighted by Gasteiger charge is -2.04. The maximum atomic E-state index is 10.6. The Kier molecular flexibility index (Phi) is 3.85. The predicted molar refractivity (Wildman–Crippen MR) is 54.0 cm³/mol. The molecule has 0 bridgehead atoms. The average molecular weight is 208 g/mol. The van der Waals surface area contributed by atoms with Crippen LogP contribution in [0.15, 0.2) is 24.3 Å². The Morgan fingerprint density at radius 3 is 2.33 bits per heavy atom. The van der Waals surface area contributed by atoms with Gasteiger partial charge in [-0.25, -0.2) is 0 Å². The normalized spacial score (nSPS) is 9.67. The summed E-state index contributed by atoms with van der Waals surface area (Å²) >= 11 is 0. The maximum absolute atomic E-state index is 10.6. The van der Waals surface area contributed by atoms with Gasteiger partial charge in [-0.3, -0.25) is 9.59 Å². The van der Waals surface area contributed by atoms with E-state index in [2.05, 4.69) is 0 Å². The molecule has 0 radical (unpaired) electrons. The molecule has 0 atom stereocenters. The molecule has 1 rings (SSSR count). The largest absolute Gasteiger partial charge is 0.486 e. The van der Waals surface area contributed by atoms with E-state index in [1.807, 2.05) is 0 Å². The molecule has 0 unspecified atom stereocenters. The number of Topliss-reactive ketones (excluding diaryl/α,β-unsaturated/α-hetero) is 1. The molecular formula is C11H12O4. The van der Waals surface area contributed by atoms with E-state index >= 15 is 0 Å². The molecule has 1 aromatic rings. The lowest BCUT2D eigenvalue weighted by atomic mass is 10.1. The molecule has 1 N–H and O–H groups in total. The Labute approximate surface area is 87.5 Å². The van der Waals surface area contributed by atoms with Crippen molar-refractivity contribution in [3.8, 4) is 5.75 Å². The predicted octanol–water partition coefficient (Wildman–Crippen LogP) is 1.28. The van der Waals surface area contributed by atoms with Gasteiger partial charge >= 0.3 is 5.97 Å². The number of carbonyl (C=O) groups is 2. The van der Waals surface area contributed by atoms with E-state index in [-0.39, 0.29) is 18.8 Å². The van der Waals surface area contributed by atoms with Crippen molar-refractivity contribution in [2.45, 2.75) is 13.3 Å². The first-order chi connectivity index (χ1) is 7.08.